The molecule has 0 radical (unpaired) electrons. The quantitative estimate of drug-likeness (QED) is 0.511. The summed E-state index contributed by atoms with van der Waals surface area (Å²) in [4.78, 5) is 12.7. The summed E-state index contributed by atoms with van der Waals surface area (Å²) in [6.45, 7) is 0.415. The number of nitrogens with one attached hydrogen (secondary N) is 1. The third-order valence-electron chi connectivity index (χ3n) is 4.63. The molecular weight excluding hydrogens is 432 g/mol. The molecule has 0 heterocycles. The molecule has 0 saturated heterocycles. The van der Waals surface area contributed by atoms with Gasteiger partial charge in [0.05, 0.1) is 19.1 Å². The van der Waals surface area contributed by atoms with Crippen molar-refractivity contribution in [1.29, 1.82) is 0 Å². The predicted octanol–water partition coefficient (Wildman–Crippen LogP) is 2.86. The number of rotatable bonds is 9. The molecule has 0 atom stereocenters. The highest BCUT2D eigenvalue weighted by molar-refractivity contribution is 7.89. The lowest BCUT2D eigenvalue weighted by Crippen LogP contribution is -2.23. The van der Waals surface area contributed by atoms with E-state index in [1.54, 1.807) is 24.3 Å². The minimum atomic E-state index is -3.82. The van der Waals surface area contributed by atoms with Crippen molar-refractivity contribution in [2.45, 2.75) is 18.0 Å². The smallest absolute Gasteiger partial charge is 0.251 e. The van der Waals surface area contributed by atoms with Crippen molar-refractivity contribution in [3.8, 4) is 17.2 Å². The van der Waals surface area contributed by atoms with Gasteiger partial charge in [-0.1, -0.05) is 42.5 Å². The molecule has 0 fully saturated rings. The molecule has 1 amide bonds. The second kappa shape index (κ2) is 10.2. The Morgan fingerprint density at radius 1 is 0.906 bits per heavy atom. The van der Waals surface area contributed by atoms with E-state index in [0.29, 0.717) is 35.0 Å². The average molecular weight is 457 g/mol. The van der Waals surface area contributed by atoms with E-state index in [1.807, 2.05) is 30.3 Å². The lowest BCUT2D eigenvalue weighted by Gasteiger charge is -2.16. The molecule has 0 spiro atoms. The zero-order valence-corrected chi connectivity index (χ0v) is 18.5. The molecule has 0 bridgehead atoms. The van der Waals surface area contributed by atoms with Crippen LogP contribution in [0.25, 0.3) is 0 Å². The third-order valence-corrected chi connectivity index (χ3v) is 5.54. The van der Waals surface area contributed by atoms with Gasteiger partial charge in [-0.25, -0.2) is 13.6 Å². The highest BCUT2D eigenvalue weighted by Crippen LogP contribution is 2.39. The van der Waals surface area contributed by atoms with Gasteiger partial charge in [0.15, 0.2) is 11.5 Å². The molecule has 0 aromatic heterocycles. The summed E-state index contributed by atoms with van der Waals surface area (Å²) in [6.07, 6.45) is 0. The van der Waals surface area contributed by atoms with Crippen molar-refractivity contribution in [3.05, 3.63) is 83.4 Å². The normalized spacial score (nSPS) is 11.0. The Morgan fingerprint density at radius 2 is 1.53 bits per heavy atom. The van der Waals surface area contributed by atoms with Crippen LogP contribution >= 0.6 is 0 Å². The van der Waals surface area contributed by atoms with E-state index in [9.17, 15) is 13.2 Å². The van der Waals surface area contributed by atoms with Crippen LogP contribution in [-0.4, -0.2) is 28.5 Å². The summed E-state index contributed by atoms with van der Waals surface area (Å²) in [6, 6.07) is 18.8. The number of benzene rings is 3. The fourth-order valence-electron chi connectivity index (χ4n) is 3.00. The number of hydrogen-bond acceptors (Lipinski definition) is 6. The minimum Gasteiger partial charge on any atom is -0.493 e. The summed E-state index contributed by atoms with van der Waals surface area (Å²) >= 11 is 0. The van der Waals surface area contributed by atoms with Gasteiger partial charge in [0, 0.05) is 12.1 Å². The number of sulfonamides is 1. The van der Waals surface area contributed by atoms with Gasteiger partial charge in [-0.2, -0.15) is 0 Å². The second-order valence-corrected chi connectivity index (χ2v) is 8.42. The van der Waals surface area contributed by atoms with Crippen LogP contribution in [0.15, 0.2) is 71.6 Å². The SMILES string of the molecule is COc1cc(C(=O)NCc2cccc(S(N)(=O)=O)c2)cc(OC)c1OCc1ccccc1. The van der Waals surface area contributed by atoms with Gasteiger partial charge >= 0.3 is 0 Å². The lowest BCUT2D eigenvalue weighted by atomic mass is 10.1. The van der Waals surface area contributed by atoms with Gasteiger partial charge in [0.25, 0.3) is 5.91 Å². The molecule has 8 nitrogen and oxygen atoms in total. The molecule has 32 heavy (non-hydrogen) atoms. The van der Waals surface area contributed by atoms with Crippen LogP contribution in [0.1, 0.15) is 21.5 Å². The Balaban J connectivity index is 1.76. The maximum absolute atomic E-state index is 12.7. The molecule has 3 aromatic carbocycles. The predicted molar refractivity (Wildman–Crippen MR) is 119 cm³/mol. The van der Waals surface area contributed by atoms with Crippen LogP contribution in [0.2, 0.25) is 0 Å². The first-order chi connectivity index (χ1) is 15.3. The molecule has 0 saturated carbocycles. The lowest BCUT2D eigenvalue weighted by molar-refractivity contribution is 0.0950. The Hall–Kier alpha value is -3.56. The van der Waals surface area contributed by atoms with E-state index >= 15 is 0 Å². The number of ether oxygens (including phenoxy) is 3. The van der Waals surface area contributed by atoms with Crippen molar-refractivity contribution >= 4 is 15.9 Å². The highest BCUT2D eigenvalue weighted by Gasteiger charge is 2.18. The van der Waals surface area contributed by atoms with Crippen LogP contribution < -0.4 is 24.7 Å². The molecule has 0 unspecified atom stereocenters. The summed E-state index contributed by atoms with van der Waals surface area (Å²) < 4.78 is 39.8. The van der Waals surface area contributed by atoms with Gasteiger partial charge in [-0.05, 0) is 35.4 Å². The van der Waals surface area contributed by atoms with Crippen molar-refractivity contribution in [2.24, 2.45) is 5.14 Å². The van der Waals surface area contributed by atoms with Crippen molar-refractivity contribution in [2.75, 3.05) is 14.2 Å². The van der Waals surface area contributed by atoms with Crippen molar-refractivity contribution < 1.29 is 27.4 Å². The van der Waals surface area contributed by atoms with Crippen molar-refractivity contribution in [3.63, 3.8) is 0 Å². The van der Waals surface area contributed by atoms with Crippen LogP contribution in [0.4, 0.5) is 0 Å². The van der Waals surface area contributed by atoms with E-state index < -0.39 is 15.9 Å². The van der Waals surface area contributed by atoms with Crippen molar-refractivity contribution in [1.82, 2.24) is 5.32 Å². The van der Waals surface area contributed by atoms with Crippen LogP contribution in [0, 0.1) is 0 Å². The fourth-order valence-corrected chi connectivity index (χ4v) is 3.58. The fraction of sp³-hybridized carbons (Fsp3) is 0.174. The Labute approximate surface area is 187 Å². The van der Waals surface area contributed by atoms with Gasteiger partial charge in [0.1, 0.15) is 6.61 Å². The Kier molecular flexibility index (Phi) is 7.34. The molecular formula is C23H24N2O6S. The van der Waals surface area contributed by atoms with E-state index in [-0.39, 0.29) is 11.4 Å². The van der Waals surface area contributed by atoms with Gasteiger partial charge < -0.3 is 19.5 Å². The summed E-state index contributed by atoms with van der Waals surface area (Å²) in [7, 11) is -0.871. The molecule has 9 heteroatoms. The second-order valence-electron chi connectivity index (χ2n) is 6.86. The van der Waals surface area contributed by atoms with Crippen LogP contribution in [0.5, 0.6) is 17.2 Å². The van der Waals surface area contributed by atoms with Gasteiger partial charge in [-0.3, -0.25) is 4.79 Å². The summed E-state index contributed by atoms with van der Waals surface area (Å²) in [5.41, 5.74) is 1.86. The third kappa shape index (κ3) is 5.77. The molecule has 3 aromatic rings. The number of hydrogen-bond donors (Lipinski definition) is 2. The molecule has 0 aliphatic rings. The standard InChI is InChI=1S/C23H24N2O6S/c1-29-20-12-18(13-21(30-2)22(20)31-15-16-7-4-3-5-8-16)23(26)25-14-17-9-6-10-19(11-17)32(24,27)28/h3-13H,14-15H2,1-2H3,(H,25,26)(H2,24,27,28). The Bertz CT molecular complexity index is 1170. The molecule has 168 valence electrons. The number of primary sulfonamides is 1. The van der Waals surface area contributed by atoms with Gasteiger partial charge in [-0.15, -0.1) is 0 Å². The largest absolute Gasteiger partial charge is 0.493 e. The minimum absolute atomic E-state index is 0.0208. The highest BCUT2D eigenvalue weighted by atomic mass is 32.2. The van der Waals surface area contributed by atoms with Crippen LogP contribution in [0.3, 0.4) is 0 Å². The number of amides is 1. The first kappa shape index (κ1) is 23.1. The number of nitrogens with two attached hydrogens (primary N) is 1. The monoisotopic (exact) mass is 456 g/mol. The average Bonchev–Trinajstić information content (AvgIpc) is 2.80. The van der Waals surface area contributed by atoms with Gasteiger partial charge in [0.2, 0.25) is 15.8 Å². The molecule has 0 aliphatic heterocycles. The van der Waals surface area contributed by atoms with E-state index in [0.717, 1.165) is 5.56 Å². The maximum atomic E-state index is 12.7. The number of methoxy groups -OCH3 is 2. The van der Waals surface area contributed by atoms with Crippen LogP contribution in [-0.2, 0) is 23.2 Å². The zero-order chi connectivity index (χ0) is 23.1. The van der Waals surface area contributed by atoms with E-state index in [4.69, 9.17) is 19.3 Å². The number of carbonyl (C=O) groups excluding carboxylic acids is 1. The first-order valence-corrected chi connectivity index (χ1v) is 11.2. The van der Waals surface area contributed by atoms with E-state index in [2.05, 4.69) is 5.32 Å². The first-order valence-electron chi connectivity index (χ1n) is 9.64. The molecule has 0 aliphatic carbocycles. The Morgan fingerprint density at radius 3 is 2.12 bits per heavy atom. The molecule has 3 N–H and O–H groups in total. The number of carbonyl (C=O) groups is 1. The molecule has 3 rings (SSSR count). The maximum Gasteiger partial charge on any atom is 0.251 e. The summed E-state index contributed by atoms with van der Waals surface area (Å²) in [5, 5.41) is 7.91. The topological polar surface area (TPSA) is 117 Å². The summed E-state index contributed by atoms with van der Waals surface area (Å²) in [5.74, 6) is 0.691. The van der Waals surface area contributed by atoms with E-state index in [1.165, 1.54) is 26.4 Å². The zero-order valence-electron chi connectivity index (χ0n) is 17.7.